The van der Waals surface area contributed by atoms with Crippen molar-refractivity contribution < 1.29 is 121 Å². The van der Waals surface area contributed by atoms with Gasteiger partial charge in [-0.3, -0.25) is 91.1 Å². The lowest BCUT2D eigenvalue weighted by Gasteiger charge is -2.29. The molecule has 1 saturated heterocycles. The summed E-state index contributed by atoms with van der Waals surface area (Å²) in [5.74, 6) is -27.2. The normalized spacial score (nSPS) is 20.8. The lowest BCUT2D eigenvalue weighted by Crippen LogP contribution is -2.61. The molecule has 1 aliphatic heterocycles. The average Bonchev–Trinajstić information content (AvgIpc) is 1.66. The van der Waals surface area contributed by atoms with Gasteiger partial charge in [-0.15, -0.1) is 0 Å². The van der Waals surface area contributed by atoms with Gasteiger partial charge >= 0.3 is 29.8 Å². The molecule has 4 aromatic rings. The van der Waals surface area contributed by atoms with Gasteiger partial charge in [-0.1, -0.05) is 88.8 Å². The first kappa shape index (κ1) is 95.5. The van der Waals surface area contributed by atoms with E-state index in [1.807, 2.05) is 10.6 Å². The van der Waals surface area contributed by atoms with E-state index in [1.54, 1.807) is 54.7 Å². The van der Waals surface area contributed by atoms with E-state index in [2.05, 4.69) is 82.3 Å². The van der Waals surface area contributed by atoms with Crippen molar-refractivity contribution in [1.82, 2.24) is 79.1 Å². The summed E-state index contributed by atoms with van der Waals surface area (Å²) in [5.41, 5.74) is 18.7. The van der Waals surface area contributed by atoms with Crippen LogP contribution in [0.1, 0.15) is 148 Å². The van der Waals surface area contributed by atoms with Crippen LogP contribution in [-0.4, -0.2) is 241 Å². The summed E-state index contributed by atoms with van der Waals surface area (Å²) in [6, 6.07) is -8.64. The third-order valence-corrected chi connectivity index (χ3v) is 18.6. The van der Waals surface area contributed by atoms with Crippen LogP contribution in [0.5, 0.6) is 0 Å². The number of cyclic esters (lactones) is 1. The number of carbonyl (C=O) groups is 20. The van der Waals surface area contributed by atoms with Crippen molar-refractivity contribution in [2.45, 2.75) is 222 Å². The third kappa shape index (κ3) is 32.6. The second-order valence-electron chi connectivity index (χ2n) is 28.7. The Hall–Kier alpha value is -13.1. The highest BCUT2D eigenvalue weighted by atomic mass is 16.5. The van der Waals surface area contributed by atoms with E-state index in [9.17, 15) is 112 Å². The van der Waals surface area contributed by atoms with E-state index in [4.69, 9.17) is 21.9 Å². The molecule has 2 aromatic heterocycles. The summed E-state index contributed by atoms with van der Waals surface area (Å²) in [4.78, 5) is 279. The minimum Gasteiger partial charge on any atom is -0.481 e. The topological polar surface area (TPSA) is 698 Å². The molecule has 0 radical (unpaired) electrons. The number of aromatic amines is 2. The van der Waals surface area contributed by atoms with Crippen molar-refractivity contribution in [2.24, 2.45) is 23.1 Å². The number of nitrogens with two attached hydrogens (primary N) is 3. The number of benzene rings is 2. The third-order valence-electron chi connectivity index (χ3n) is 18.6. The largest absolute Gasteiger partial charge is 0.481 e. The number of ether oxygens (including phenoxy) is 1. The monoisotopic (exact) mass is 1660 g/mol. The van der Waals surface area contributed by atoms with Crippen LogP contribution >= 0.6 is 0 Å². The molecule has 2 aromatic carbocycles. The predicted molar refractivity (Wildman–Crippen MR) is 414 cm³/mol. The molecule has 12 atom stereocenters. The van der Waals surface area contributed by atoms with Crippen LogP contribution in [0.25, 0.3) is 21.8 Å². The Balaban J connectivity index is 1.59. The fourth-order valence-corrected chi connectivity index (χ4v) is 12.4. The number of carboxylic acids is 4. The van der Waals surface area contributed by atoms with E-state index in [1.165, 1.54) is 6.20 Å². The molecule has 43 nitrogen and oxygen atoms in total. The van der Waals surface area contributed by atoms with Crippen LogP contribution in [0.3, 0.4) is 0 Å². The number of hydrogen-bond acceptors (Lipinski definition) is 22. The molecule has 12 unspecified atom stereocenters. The molecule has 0 spiro atoms. The Labute approximate surface area is 674 Å². The van der Waals surface area contributed by atoms with Crippen LogP contribution < -0.4 is 86.3 Å². The second-order valence-corrected chi connectivity index (χ2v) is 28.7. The van der Waals surface area contributed by atoms with Gasteiger partial charge in [0.1, 0.15) is 72.6 Å². The number of carbonyl (C=O) groups excluding carboxylic acids is 16. The molecule has 0 bridgehead atoms. The van der Waals surface area contributed by atoms with Gasteiger partial charge in [0.25, 0.3) is 0 Å². The number of aromatic nitrogens is 2. The summed E-state index contributed by atoms with van der Waals surface area (Å²) in [6.45, 7) is 3.69. The van der Waals surface area contributed by atoms with Crippen LogP contribution in [0.4, 0.5) is 0 Å². The van der Waals surface area contributed by atoms with Crippen LogP contribution in [-0.2, 0) is 113 Å². The van der Waals surface area contributed by atoms with E-state index in [0.717, 1.165) is 46.0 Å². The minimum atomic E-state index is -2.37. The zero-order chi connectivity index (χ0) is 87.5. The highest BCUT2D eigenvalue weighted by Crippen LogP contribution is 2.23. The number of esters is 1. The summed E-state index contributed by atoms with van der Waals surface area (Å²) in [5, 5.41) is 69.4. The Kier molecular flexibility index (Phi) is 38.6. The van der Waals surface area contributed by atoms with Crippen LogP contribution in [0.15, 0.2) is 60.9 Å². The number of primary amides is 2. The number of amides is 15. The van der Waals surface area contributed by atoms with E-state index >= 15 is 4.79 Å². The molecular weight excluding hydrogens is 1550 g/mol. The highest BCUT2D eigenvalue weighted by Gasteiger charge is 2.40. The number of fused-ring (bicyclic) bond motifs is 2. The molecule has 644 valence electrons. The number of H-pyrrole nitrogens is 2. The van der Waals surface area contributed by atoms with Crippen molar-refractivity contribution >= 4 is 140 Å². The fraction of sp³-hybridized carbons (Fsp3) is 0.520. The van der Waals surface area contributed by atoms with E-state index in [-0.39, 0.29) is 37.8 Å². The van der Waals surface area contributed by atoms with Crippen molar-refractivity contribution in [1.29, 1.82) is 0 Å². The predicted octanol–water partition coefficient (Wildman–Crippen LogP) is -4.48. The van der Waals surface area contributed by atoms with Gasteiger partial charge in [0.15, 0.2) is 0 Å². The summed E-state index contributed by atoms with van der Waals surface area (Å²) in [7, 11) is 0. The Morgan fingerprint density at radius 3 is 1.53 bits per heavy atom. The first-order valence-corrected chi connectivity index (χ1v) is 38.1. The first-order chi connectivity index (χ1) is 55.8. The van der Waals surface area contributed by atoms with Gasteiger partial charge in [0.05, 0.1) is 45.2 Å². The summed E-state index contributed by atoms with van der Waals surface area (Å²) in [6.07, 6.45) is -1.84. The number of carboxylic acid groups (broad SMARTS) is 4. The second kappa shape index (κ2) is 47.7. The molecule has 25 N–H and O–H groups in total. The zero-order valence-electron chi connectivity index (χ0n) is 65.4. The van der Waals surface area contributed by atoms with Gasteiger partial charge < -0.3 is 121 Å². The van der Waals surface area contributed by atoms with Gasteiger partial charge in [0, 0.05) is 59.9 Å². The molecule has 5 rings (SSSR count). The van der Waals surface area contributed by atoms with Crippen molar-refractivity contribution in [3.05, 3.63) is 72.1 Å². The number of para-hydroxylation sites is 2. The standard InChI is InChI=1S/C75H104N18O25/c1-37(2)16-9-7-5-6-8-10-22-57(96)85-48(26-40-33-79-44-19-13-11-17-42(40)44)70(112)89-50(29-56(78)95)72(114)91-53(32-63(105)106)73(115)93-64-39(4)118-75(117)54(27-41-34-80-45-20-14-12-18-43(41)45)92-68(110)47(23-24-60(99)100)87-71(113)49(28-55(77)94)86-59(98)35-81-66(108)51(30-61(101)102)88-65(107)38(3)83-69(111)52(31-62(103)104)90-67(109)46(21-15-25-76)84-58(97)36-82-74(64)116/h11-14,17-20,33-34,37-39,46-54,64,79-80H,5-10,15-16,21-32,35-36,76H2,1-4H3,(H2,77,94)(H2,78,95)(H,81,108)(H,82,116)(H,83,111)(H,84,97)(H,85,96)(H,86,98)(H,87,113)(H,88,107)(H,89,112)(H,90,109)(H,91,114)(H,92,110)(H,93,115)(H,99,100)(H,101,102)(H,103,104)(H,105,106). The molecular formula is C75H104N18O25. The van der Waals surface area contributed by atoms with Gasteiger partial charge in [0.2, 0.25) is 88.6 Å². The number of aliphatic carboxylic acids is 4. The first-order valence-electron chi connectivity index (χ1n) is 38.1. The smallest absolute Gasteiger partial charge is 0.329 e. The number of nitrogens with one attached hydrogen (secondary N) is 15. The average molecular weight is 1660 g/mol. The van der Waals surface area contributed by atoms with Gasteiger partial charge in [-0.2, -0.15) is 0 Å². The molecule has 3 heterocycles. The molecule has 15 amide bonds. The Bertz CT molecular complexity index is 4310. The van der Waals surface area contributed by atoms with Gasteiger partial charge in [-0.05, 0) is 75.3 Å². The number of rotatable bonds is 36. The molecule has 1 fully saturated rings. The van der Waals surface area contributed by atoms with Crippen LogP contribution in [0.2, 0.25) is 0 Å². The maximum atomic E-state index is 15.0. The number of unbranched alkanes of at least 4 members (excludes halogenated alkanes) is 5. The molecule has 0 aliphatic carbocycles. The fourth-order valence-electron chi connectivity index (χ4n) is 12.4. The lowest BCUT2D eigenvalue weighted by atomic mass is 10.0. The van der Waals surface area contributed by atoms with Crippen LogP contribution in [0, 0.1) is 5.92 Å². The zero-order valence-corrected chi connectivity index (χ0v) is 65.4. The lowest BCUT2D eigenvalue weighted by molar-refractivity contribution is -0.156. The van der Waals surface area contributed by atoms with E-state index in [0.29, 0.717) is 46.1 Å². The molecule has 43 heteroatoms. The summed E-state index contributed by atoms with van der Waals surface area (Å²) >= 11 is 0. The highest BCUT2D eigenvalue weighted by molar-refractivity contribution is 6.02. The molecule has 118 heavy (non-hydrogen) atoms. The van der Waals surface area contributed by atoms with Gasteiger partial charge in [-0.25, -0.2) is 4.79 Å². The SMILES string of the molecule is CC(C)CCCCCCCCC(=O)NC(Cc1c[nH]c2ccccc12)C(=O)NC(CC(N)=O)C(=O)NC(CC(=O)O)C(=O)NC1C(=O)NCC(=O)NC(CCCN)C(=O)NC(CC(=O)O)C(=O)NC(C)C(=O)NC(CC(=O)O)C(=O)NCC(=O)NC(CC(N)=O)C(=O)NC(CCC(=O)O)C(=O)NC(Cc2c[nH]c3ccccc23)C(=O)OC1C. The molecule has 0 saturated carbocycles. The molecule has 1 aliphatic rings. The van der Waals surface area contributed by atoms with Crippen molar-refractivity contribution in [3.63, 3.8) is 0 Å². The van der Waals surface area contributed by atoms with E-state index < -0.39 is 255 Å². The quantitative estimate of drug-likeness (QED) is 0.0151. The van der Waals surface area contributed by atoms with Crippen molar-refractivity contribution in [2.75, 3.05) is 19.6 Å². The Morgan fingerprint density at radius 2 is 0.958 bits per heavy atom. The summed E-state index contributed by atoms with van der Waals surface area (Å²) < 4.78 is 5.84. The minimum absolute atomic E-state index is 0.00922. The maximum absolute atomic E-state index is 15.0. The Morgan fingerprint density at radius 1 is 0.475 bits per heavy atom. The maximum Gasteiger partial charge on any atom is 0.329 e. The van der Waals surface area contributed by atoms with Crippen molar-refractivity contribution in [3.8, 4) is 0 Å². The number of hydrogen-bond donors (Lipinski definition) is 22.